The van der Waals surface area contributed by atoms with E-state index in [-0.39, 0.29) is 6.04 Å². The summed E-state index contributed by atoms with van der Waals surface area (Å²) in [6.07, 6.45) is 2.37. The van der Waals surface area contributed by atoms with Gasteiger partial charge in [0.15, 0.2) is 5.82 Å². The highest BCUT2D eigenvalue weighted by atomic mass is 79.9. The molecular formula is C9H11BrFN3O. The highest BCUT2D eigenvalue weighted by molar-refractivity contribution is 9.09. The van der Waals surface area contributed by atoms with Gasteiger partial charge in [0.25, 0.3) is 0 Å². The summed E-state index contributed by atoms with van der Waals surface area (Å²) in [7, 11) is 0. The second-order valence-corrected chi connectivity index (χ2v) is 3.93. The van der Waals surface area contributed by atoms with E-state index >= 15 is 0 Å². The minimum atomic E-state index is -0.414. The summed E-state index contributed by atoms with van der Waals surface area (Å²) in [4.78, 5) is 9.95. The lowest BCUT2D eigenvalue weighted by Gasteiger charge is -2.34. The largest absolute Gasteiger partial charge is 0.377 e. The average molecular weight is 276 g/mol. The molecule has 6 heteroatoms. The van der Waals surface area contributed by atoms with Gasteiger partial charge in [-0.2, -0.15) is 0 Å². The van der Waals surface area contributed by atoms with Crippen LogP contribution in [0.1, 0.15) is 0 Å². The van der Waals surface area contributed by atoms with Gasteiger partial charge < -0.3 is 9.64 Å². The lowest BCUT2D eigenvalue weighted by molar-refractivity contribution is 0.0995. The van der Waals surface area contributed by atoms with E-state index in [0.29, 0.717) is 19.2 Å². The number of hydrogen-bond donors (Lipinski definition) is 0. The summed E-state index contributed by atoms with van der Waals surface area (Å²) in [5, 5.41) is 0.785. The molecule has 1 atom stereocenters. The summed E-state index contributed by atoms with van der Waals surface area (Å²) in [5.74, 6) is 0.145. The SMILES string of the molecule is Fc1cnc(N2CCOCC2CBr)nc1. The van der Waals surface area contributed by atoms with Crippen molar-refractivity contribution in [3.8, 4) is 0 Å². The van der Waals surface area contributed by atoms with Gasteiger partial charge in [0, 0.05) is 11.9 Å². The van der Waals surface area contributed by atoms with Crippen molar-refractivity contribution in [2.75, 3.05) is 30.0 Å². The normalized spacial score (nSPS) is 21.7. The Bertz CT molecular complexity index is 322. The summed E-state index contributed by atoms with van der Waals surface area (Å²) in [5.41, 5.74) is 0. The van der Waals surface area contributed by atoms with Crippen LogP contribution in [-0.4, -0.2) is 41.1 Å². The fraction of sp³-hybridized carbons (Fsp3) is 0.556. The van der Waals surface area contributed by atoms with Gasteiger partial charge in [-0.05, 0) is 0 Å². The van der Waals surface area contributed by atoms with Crippen LogP contribution in [0.5, 0.6) is 0 Å². The highest BCUT2D eigenvalue weighted by Gasteiger charge is 2.23. The Morgan fingerprint density at radius 3 is 2.93 bits per heavy atom. The van der Waals surface area contributed by atoms with Gasteiger partial charge >= 0.3 is 0 Å². The molecule has 82 valence electrons. The summed E-state index contributed by atoms with van der Waals surface area (Å²) < 4.78 is 18.0. The van der Waals surface area contributed by atoms with Gasteiger partial charge in [-0.1, -0.05) is 15.9 Å². The Labute approximate surface area is 95.6 Å². The maximum atomic E-state index is 12.7. The summed E-state index contributed by atoms with van der Waals surface area (Å²) in [6, 6.07) is 0.212. The number of nitrogens with zero attached hydrogens (tertiary/aromatic N) is 3. The fourth-order valence-electron chi connectivity index (χ4n) is 1.50. The average Bonchev–Trinajstić information content (AvgIpc) is 2.30. The van der Waals surface area contributed by atoms with Gasteiger partial charge in [-0.15, -0.1) is 0 Å². The molecule has 0 N–H and O–H groups in total. The van der Waals surface area contributed by atoms with E-state index in [2.05, 4.69) is 25.9 Å². The van der Waals surface area contributed by atoms with E-state index in [0.717, 1.165) is 11.9 Å². The van der Waals surface area contributed by atoms with Crippen LogP contribution in [0.2, 0.25) is 0 Å². The first-order chi connectivity index (χ1) is 7.31. The Morgan fingerprint density at radius 1 is 1.53 bits per heavy atom. The van der Waals surface area contributed by atoms with Gasteiger partial charge in [0.1, 0.15) is 0 Å². The van der Waals surface area contributed by atoms with Crippen molar-refractivity contribution in [3.05, 3.63) is 18.2 Å². The zero-order valence-corrected chi connectivity index (χ0v) is 9.65. The van der Waals surface area contributed by atoms with E-state index < -0.39 is 5.82 Å². The van der Waals surface area contributed by atoms with Crippen LogP contribution in [-0.2, 0) is 4.74 Å². The van der Waals surface area contributed by atoms with E-state index in [1.165, 1.54) is 12.4 Å². The molecule has 0 aliphatic carbocycles. The predicted molar refractivity (Wildman–Crippen MR) is 57.7 cm³/mol. The molecule has 0 spiro atoms. The molecule has 0 radical (unpaired) electrons. The van der Waals surface area contributed by atoms with Crippen LogP contribution in [0.4, 0.5) is 10.3 Å². The molecule has 1 aliphatic heterocycles. The Hall–Kier alpha value is -0.750. The first-order valence-corrected chi connectivity index (χ1v) is 5.81. The molecule has 1 fully saturated rings. The van der Waals surface area contributed by atoms with Crippen molar-refractivity contribution in [2.45, 2.75) is 6.04 Å². The number of halogens is 2. The number of morpholine rings is 1. The van der Waals surface area contributed by atoms with Crippen molar-refractivity contribution in [2.24, 2.45) is 0 Å². The third-order valence-electron chi connectivity index (χ3n) is 2.27. The highest BCUT2D eigenvalue weighted by Crippen LogP contribution is 2.15. The minimum Gasteiger partial charge on any atom is -0.377 e. The number of ether oxygens (including phenoxy) is 1. The third kappa shape index (κ3) is 2.43. The van der Waals surface area contributed by atoms with Gasteiger partial charge in [0.2, 0.25) is 5.95 Å². The van der Waals surface area contributed by atoms with Gasteiger partial charge in [0.05, 0.1) is 31.6 Å². The van der Waals surface area contributed by atoms with Crippen LogP contribution < -0.4 is 4.90 Å². The van der Waals surface area contributed by atoms with Crippen molar-refractivity contribution >= 4 is 21.9 Å². The number of anilines is 1. The molecule has 1 aromatic rings. The van der Waals surface area contributed by atoms with Crippen molar-refractivity contribution in [1.82, 2.24) is 9.97 Å². The third-order valence-corrected chi connectivity index (χ3v) is 3.02. The van der Waals surface area contributed by atoms with Crippen LogP contribution in [0.3, 0.4) is 0 Å². The van der Waals surface area contributed by atoms with Crippen molar-refractivity contribution in [1.29, 1.82) is 0 Å². The number of alkyl halides is 1. The van der Waals surface area contributed by atoms with Crippen LogP contribution >= 0.6 is 15.9 Å². The number of hydrogen-bond acceptors (Lipinski definition) is 4. The molecule has 0 bridgehead atoms. The molecule has 15 heavy (non-hydrogen) atoms. The fourth-order valence-corrected chi connectivity index (χ4v) is 2.04. The molecule has 2 heterocycles. The monoisotopic (exact) mass is 275 g/mol. The Morgan fingerprint density at radius 2 is 2.27 bits per heavy atom. The van der Waals surface area contributed by atoms with Crippen molar-refractivity contribution in [3.63, 3.8) is 0 Å². The van der Waals surface area contributed by atoms with Crippen molar-refractivity contribution < 1.29 is 9.13 Å². The van der Waals surface area contributed by atoms with Crippen LogP contribution in [0.15, 0.2) is 12.4 Å². The maximum absolute atomic E-state index is 12.7. The van der Waals surface area contributed by atoms with Gasteiger partial charge in [-0.3, -0.25) is 0 Å². The minimum absolute atomic E-state index is 0.212. The second-order valence-electron chi connectivity index (χ2n) is 3.28. The van der Waals surface area contributed by atoms with E-state index in [4.69, 9.17) is 4.74 Å². The standard InChI is InChI=1S/C9H11BrFN3O/c10-3-8-6-15-2-1-14(8)9-12-4-7(11)5-13-9/h4-5,8H,1-3,6H2. The van der Waals surface area contributed by atoms with E-state index in [1.807, 2.05) is 4.90 Å². The van der Waals surface area contributed by atoms with E-state index in [9.17, 15) is 4.39 Å². The first-order valence-electron chi connectivity index (χ1n) is 4.69. The molecule has 2 rings (SSSR count). The Kier molecular flexibility index (Phi) is 3.48. The zero-order chi connectivity index (χ0) is 10.7. The second kappa shape index (κ2) is 4.85. The molecule has 1 aliphatic rings. The maximum Gasteiger partial charge on any atom is 0.225 e. The first kappa shape index (κ1) is 10.8. The number of aromatic nitrogens is 2. The van der Waals surface area contributed by atoms with Gasteiger partial charge in [-0.25, -0.2) is 14.4 Å². The van der Waals surface area contributed by atoms with Crippen LogP contribution in [0.25, 0.3) is 0 Å². The molecular weight excluding hydrogens is 265 g/mol. The van der Waals surface area contributed by atoms with Crippen LogP contribution in [0, 0.1) is 5.82 Å². The smallest absolute Gasteiger partial charge is 0.225 e. The summed E-state index contributed by atoms with van der Waals surface area (Å²) in [6.45, 7) is 2.04. The summed E-state index contributed by atoms with van der Waals surface area (Å²) >= 11 is 3.41. The Balaban J connectivity index is 2.16. The molecule has 0 aromatic carbocycles. The molecule has 1 unspecified atom stereocenters. The molecule has 1 saturated heterocycles. The molecule has 1 aromatic heterocycles. The predicted octanol–water partition coefficient (Wildman–Crippen LogP) is 1.22. The quantitative estimate of drug-likeness (QED) is 0.761. The number of rotatable bonds is 2. The lowest BCUT2D eigenvalue weighted by Crippen LogP contribution is -2.47. The lowest BCUT2D eigenvalue weighted by atomic mass is 10.3. The molecule has 0 amide bonds. The molecule has 0 saturated carbocycles. The molecule has 4 nitrogen and oxygen atoms in total. The topological polar surface area (TPSA) is 38.2 Å². The van der Waals surface area contributed by atoms with E-state index in [1.54, 1.807) is 0 Å². The zero-order valence-electron chi connectivity index (χ0n) is 8.07.